The minimum Gasteiger partial charge on any atom is -0.323 e. The molecule has 0 aliphatic heterocycles. The second kappa shape index (κ2) is 14.1. The molecule has 0 fully saturated rings. The van der Waals surface area contributed by atoms with Crippen molar-refractivity contribution in [2.24, 2.45) is 0 Å². The molecule has 11 heteroatoms. The van der Waals surface area contributed by atoms with E-state index in [0.717, 1.165) is 4.90 Å². The van der Waals surface area contributed by atoms with Gasteiger partial charge < -0.3 is 16.0 Å². The molecule has 41 heavy (non-hydrogen) atoms. The van der Waals surface area contributed by atoms with Crippen LogP contribution in [0.3, 0.4) is 0 Å². The van der Waals surface area contributed by atoms with Crippen LogP contribution in [-0.2, 0) is 9.59 Å². The Morgan fingerprint density at radius 2 is 1.59 bits per heavy atom. The van der Waals surface area contributed by atoms with E-state index in [1.165, 1.54) is 48.2 Å². The summed E-state index contributed by atoms with van der Waals surface area (Å²) in [6.07, 6.45) is 1.17. The number of amides is 3. The summed E-state index contributed by atoms with van der Waals surface area (Å²) in [7, 11) is 0. The van der Waals surface area contributed by atoms with E-state index in [4.69, 9.17) is 11.6 Å². The molecule has 6 nitrogen and oxygen atoms in total. The van der Waals surface area contributed by atoms with Crippen molar-refractivity contribution in [3.05, 3.63) is 129 Å². The Balaban J connectivity index is 1.43. The van der Waals surface area contributed by atoms with Gasteiger partial charge in [0.2, 0.25) is 5.91 Å². The number of thioether (sulfide) groups is 1. The molecule has 0 bridgehead atoms. The molecular weight excluding hydrogens is 636 g/mol. The Kier molecular flexibility index (Phi) is 10.3. The van der Waals surface area contributed by atoms with Crippen molar-refractivity contribution in [3.63, 3.8) is 0 Å². The van der Waals surface area contributed by atoms with Crippen molar-refractivity contribution in [2.75, 3.05) is 16.4 Å². The minimum atomic E-state index is -0.704. The van der Waals surface area contributed by atoms with E-state index >= 15 is 0 Å². The highest BCUT2D eigenvalue weighted by Crippen LogP contribution is 2.24. The fraction of sp³-hybridized carbons (Fsp3) is 0.0333. The highest BCUT2D eigenvalue weighted by atomic mass is 79.9. The van der Waals surface area contributed by atoms with E-state index in [1.54, 1.807) is 60.7 Å². The second-order valence-corrected chi connectivity index (χ2v) is 10.8. The second-order valence-electron chi connectivity index (χ2n) is 8.45. The van der Waals surface area contributed by atoms with Gasteiger partial charge in [0.1, 0.15) is 17.3 Å². The normalized spacial score (nSPS) is 11.1. The molecular formula is C30H21BrClF2N3O3S. The first kappa shape index (κ1) is 30.0. The summed E-state index contributed by atoms with van der Waals surface area (Å²) in [5.41, 5.74) is 0.498. The first-order valence-corrected chi connectivity index (χ1v) is 14.2. The number of carbonyl (C=O) groups is 3. The van der Waals surface area contributed by atoms with Crippen molar-refractivity contribution >= 4 is 74.5 Å². The Morgan fingerprint density at radius 3 is 2.27 bits per heavy atom. The predicted octanol–water partition coefficient (Wildman–Crippen LogP) is 7.52. The largest absolute Gasteiger partial charge is 0.323 e. The van der Waals surface area contributed by atoms with Crippen molar-refractivity contribution in [2.45, 2.75) is 4.90 Å². The molecule has 3 amide bonds. The van der Waals surface area contributed by atoms with Gasteiger partial charge >= 0.3 is 0 Å². The third-order valence-electron chi connectivity index (χ3n) is 5.50. The maximum atomic E-state index is 14.5. The maximum absolute atomic E-state index is 14.5. The fourth-order valence-electron chi connectivity index (χ4n) is 3.49. The topological polar surface area (TPSA) is 87.3 Å². The van der Waals surface area contributed by atoms with Gasteiger partial charge in [0.05, 0.1) is 16.5 Å². The molecule has 0 spiro atoms. The Morgan fingerprint density at radius 1 is 0.854 bits per heavy atom. The van der Waals surface area contributed by atoms with Gasteiger partial charge in [0.15, 0.2) is 0 Å². The van der Waals surface area contributed by atoms with Crippen LogP contribution in [0.15, 0.2) is 106 Å². The number of hydrogen-bond donors (Lipinski definition) is 3. The summed E-state index contributed by atoms with van der Waals surface area (Å²) in [6.45, 7) is 0. The molecule has 4 rings (SSSR count). The van der Waals surface area contributed by atoms with Crippen LogP contribution in [0, 0.1) is 11.6 Å². The standard InChI is InChI=1S/C30H21BrClF2N3O3S/c31-19-9-14-26(25(34)15-19)36-28(38)17-41-21-12-10-20(11-13-21)35-30(40)27(16-22-23(32)7-4-8-24(22)33)37-29(39)18-5-2-1-3-6-18/h1-16H,17H2,(H,35,40)(H,36,38)(H,37,39)/b27-16-. The maximum Gasteiger partial charge on any atom is 0.272 e. The van der Waals surface area contributed by atoms with Crippen molar-refractivity contribution in [3.8, 4) is 0 Å². The highest BCUT2D eigenvalue weighted by Gasteiger charge is 2.17. The van der Waals surface area contributed by atoms with Crippen molar-refractivity contribution in [1.82, 2.24) is 5.32 Å². The Labute approximate surface area is 252 Å². The molecule has 3 N–H and O–H groups in total. The number of anilines is 2. The van der Waals surface area contributed by atoms with Crippen LogP contribution in [0.2, 0.25) is 5.02 Å². The van der Waals surface area contributed by atoms with Crippen LogP contribution in [0.25, 0.3) is 6.08 Å². The lowest BCUT2D eigenvalue weighted by Crippen LogP contribution is -2.30. The van der Waals surface area contributed by atoms with Gasteiger partial charge in [0.25, 0.3) is 11.8 Å². The van der Waals surface area contributed by atoms with Gasteiger partial charge in [0, 0.05) is 26.2 Å². The number of nitrogens with one attached hydrogen (secondary N) is 3. The number of halogens is 4. The van der Waals surface area contributed by atoms with E-state index in [2.05, 4.69) is 31.9 Å². The molecule has 208 valence electrons. The third kappa shape index (κ3) is 8.50. The molecule has 0 aliphatic carbocycles. The van der Waals surface area contributed by atoms with Crippen molar-refractivity contribution < 1.29 is 23.2 Å². The summed E-state index contributed by atoms with van der Waals surface area (Å²) in [5, 5.41) is 7.80. The van der Waals surface area contributed by atoms with Gasteiger partial charge in [-0.05, 0) is 72.8 Å². The van der Waals surface area contributed by atoms with E-state index in [-0.39, 0.29) is 33.6 Å². The van der Waals surface area contributed by atoms with E-state index in [0.29, 0.717) is 15.7 Å². The third-order valence-corrected chi connectivity index (χ3v) is 7.34. The highest BCUT2D eigenvalue weighted by molar-refractivity contribution is 9.10. The lowest BCUT2D eigenvalue weighted by atomic mass is 10.1. The summed E-state index contributed by atoms with van der Waals surface area (Å²) in [6, 6.07) is 23.3. The van der Waals surface area contributed by atoms with Gasteiger partial charge in [-0.3, -0.25) is 14.4 Å². The molecule has 4 aromatic rings. The first-order valence-electron chi connectivity index (χ1n) is 12.0. The molecule has 0 aromatic heterocycles. The molecule has 0 saturated carbocycles. The SMILES string of the molecule is O=C(CSc1ccc(NC(=O)/C(=C/c2c(F)cccc2Cl)NC(=O)c2ccccc2)cc1)Nc1ccc(Br)cc1F. The monoisotopic (exact) mass is 655 g/mol. The van der Waals surface area contributed by atoms with Crippen molar-refractivity contribution in [1.29, 1.82) is 0 Å². The Hall–Kier alpha value is -3.99. The predicted molar refractivity (Wildman–Crippen MR) is 162 cm³/mol. The smallest absolute Gasteiger partial charge is 0.272 e. The van der Waals surface area contributed by atoms with Gasteiger partial charge in [-0.15, -0.1) is 11.8 Å². The lowest BCUT2D eigenvalue weighted by Gasteiger charge is -2.12. The van der Waals surface area contributed by atoms with Crippen LogP contribution in [0.1, 0.15) is 15.9 Å². The Bertz CT molecular complexity index is 1600. The fourth-order valence-corrected chi connectivity index (χ4v) is 4.74. The van der Waals surface area contributed by atoms with Crippen LogP contribution in [0.5, 0.6) is 0 Å². The molecule has 0 saturated heterocycles. The average molecular weight is 657 g/mol. The molecule has 4 aromatic carbocycles. The van der Waals surface area contributed by atoms with Gasteiger partial charge in [-0.25, -0.2) is 8.78 Å². The zero-order chi connectivity index (χ0) is 29.4. The molecule has 0 radical (unpaired) electrons. The van der Waals surface area contributed by atoms with E-state index in [1.807, 2.05) is 0 Å². The minimum absolute atomic E-state index is 0.0308. The number of benzene rings is 4. The lowest BCUT2D eigenvalue weighted by molar-refractivity contribution is -0.114. The molecule has 0 aliphatic rings. The van der Waals surface area contributed by atoms with Crippen LogP contribution in [0.4, 0.5) is 20.2 Å². The summed E-state index contributed by atoms with van der Waals surface area (Å²) in [5.74, 6) is -2.83. The average Bonchev–Trinajstić information content (AvgIpc) is 2.96. The van der Waals surface area contributed by atoms with Crippen LogP contribution < -0.4 is 16.0 Å². The van der Waals surface area contributed by atoms with Gasteiger partial charge in [-0.2, -0.15) is 0 Å². The zero-order valence-corrected chi connectivity index (χ0v) is 24.2. The summed E-state index contributed by atoms with van der Waals surface area (Å²) < 4.78 is 29.0. The van der Waals surface area contributed by atoms with Gasteiger partial charge in [-0.1, -0.05) is 51.8 Å². The number of carbonyl (C=O) groups excluding carboxylic acids is 3. The number of hydrogen-bond acceptors (Lipinski definition) is 4. The summed E-state index contributed by atoms with van der Waals surface area (Å²) >= 11 is 10.5. The van der Waals surface area contributed by atoms with E-state index in [9.17, 15) is 23.2 Å². The molecule has 0 atom stereocenters. The first-order chi connectivity index (χ1) is 19.7. The summed E-state index contributed by atoms with van der Waals surface area (Å²) in [4.78, 5) is 38.9. The van der Waals surface area contributed by atoms with Crippen LogP contribution in [-0.4, -0.2) is 23.5 Å². The number of rotatable bonds is 9. The molecule has 0 unspecified atom stereocenters. The molecule has 0 heterocycles. The van der Waals surface area contributed by atoms with E-state index < -0.39 is 23.4 Å². The van der Waals surface area contributed by atoms with Crippen LogP contribution >= 0.6 is 39.3 Å². The zero-order valence-electron chi connectivity index (χ0n) is 21.1. The quantitative estimate of drug-likeness (QED) is 0.129.